The Morgan fingerprint density at radius 1 is 0.662 bits per heavy atom. The minimum Gasteiger partial charge on any atom is -0.492 e. The Bertz CT molecular complexity index is 1940. The van der Waals surface area contributed by atoms with Crippen molar-refractivity contribution in [1.82, 2.24) is 0 Å². The lowest BCUT2D eigenvalue weighted by Crippen LogP contribution is -2.45. The number of benzene rings is 2. The van der Waals surface area contributed by atoms with Crippen LogP contribution in [-0.4, -0.2) is 89.0 Å². The van der Waals surface area contributed by atoms with Gasteiger partial charge in [-0.05, 0) is 113 Å². The van der Waals surface area contributed by atoms with Gasteiger partial charge < -0.3 is 37.9 Å². The van der Waals surface area contributed by atoms with E-state index in [2.05, 4.69) is 29.6 Å². The highest BCUT2D eigenvalue weighted by Crippen LogP contribution is 2.35. The number of aryl methyl sites for hydroxylation is 1. The van der Waals surface area contributed by atoms with Crippen molar-refractivity contribution in [2.45, 2.75) is 98.8 Å². The number of carbonyl (C=O) groups excluding carboxylic acids is 7. The van der Waals surface area contributed by atoms with Crippen LogP contribution in [0.15, 0.2) is 66.8 Å². The molecule has 0 aromatic heterocycles. The zero-order valence-electron chi connectivity index (χ0n) is 39.0. The maximum atomic E-state index is 13.1. The highest BCUT2D eigenvalue weighted by Gasteiger charge is 2.40. The summed E-state index contributed by atoms with van der Waals surface area (Å²) in [5, 5.41) is 0. The molecule has 1 aliphatic rings. The Morgan fingerprint density at radius 3 is 1.74 bits per heavy atom. The van der Waals surface area contributed by atoms with E-state index < -0.39 is 79.5 Å². The van der Waals surface area contributed by atoms with Gasteiger partial charge in [-0.3, -0.25) is 24.0 Å². The molecule has 0 spiro atoms. The van der Waals surface area contributed by atoms with Crippen LogP contribution in [-0.2, 0) is 68.4 Å². The summed E-state index contributed by atoms with van der Waals surface area (Å²) in [4.78, 5) is 88.3. The summed E-state index contributed by atoms with van der Waals surface area (Å²) in [5.74, 6) is -6.54. The van der Waals surface area contributed by atoms with Crippen molar-refractivity contribution in [3.63, 3.8) is 0 Å². The molecule has 0 radical (unpaired) electrons. The first-order valence-corrected chi connectivity index (χ1v) is 22.2. The van der Waals surface area contributed by atoms with Crippen molar-refractivity contribution >= 4 is 41.8 Å². The van der Waals surface area contributed by atoms with Gasteiger partial charge in [0.05, 0.1) is 26.7 Å². The maximum Gasteiger partial charge on any atom is 0.333 e. The largest absolute Gasteiger partial charge is 0.492 e. The molecule has 2 aromatic rings. The summed E-state index contributed by atoms with van der Waals surface area (Å²) in [7, 11) is 2.23. The molecular formula is C50H66O15. The van der Waals surface area contributed by atoms with Gasteiger partial charge in [-0.1, -0.05) is 64.0 Å². The van der Waals surface area contributed by atoms with Crippen molar-refractivity contribution in [3.05, 3.63) is 72.3 Å². The van der Waals surface area contributed by atoms with E-state index in [9.17, 15) is 33.6 Å². The first-order chi connectivity index (χ1) is 30.9. The summed E-state index contributed by atoms with van der Waals surface area (Å²) >= 11 is 0. The van der Waals surface area contributed by atoms with Crippen LogP contribution in [0.5, 0.6) is 11.5 Å². The molecular weight excluding hydrogens is 841 g/mol. The average Bonchev–Trinajstić information content (AvgIpc) is 3.31. The van der Waals surface area contributed by atoms with Crippen LogP contribution in [0.3, 0.4) is 0 Å². The van der Waals surface area contributed by atoms with Crippen LogP contribution in [0, 0.1) is 29.1 Å². The standard InChI is InChI=1S/C50H66O15/c1-10-11-12-14-36-16-18-38(19-17-36)49(57)65-41-23-20-37(21-24-41)39-22-25-42(40(27-39)15-13-26-60-43(51)32(2)3)61-28-50(29-62-44(52)33(4)5,30-63-47(55)34(6)45(53)58-8)31-64-48(56)35(7)46(54)59-9/h20-25,27,34-36,38H,2,4,10-19,26,28-31H2,1,3,5-9H3. The van der Waals surface area contributed by atoms with Gasteiger partial charge in [-0.15, -0.1) is 0 Å². The van der Waals surface area contributed by atoms with E-state index in [4.69, 9.17) is 28.4 Å². The topological polar surface area (TPSA) is 193 Å². The lowest BCUT2D eigenvalue weighted by atomic mass is 9.80. The molecule has 3 rings (SSSR count). The number of hydrogen-bond donors (Lipinski definition) is 0. The van der Waals surface area contributed by atoms with Crippen LogP contribution in [0.2, 0.25) is 0 Å². The van der Waals surface area contributed by atoms with Gasteiger partial charge in [0.25, 0.3) is 0 Å². The molecule has 0 amide bonds. The third-order valence-electron chi connectivity index (χ3n) is 11.3. The molecule has 0 bridgehead atoms. The van der Waals surface area contributed by atoms with Gasteiger partial charge >= 0.3 is 41.8 Å². The number of esters is 7. The molecule has 0 saturated heterocycles. The summed E-state index contributed by atoms with van der Waals surface area (Å²) in [6.07, 6.45) is 9.35. The van der Waals surface area contributed by atoms with E-state index in [-0.39, 0.29) is 29.6 Å². The molecule has 65 heavy (non-hydrogen) atoms. The molecule has 2 unspecified atom stereocenters. The molecule has 0 N–H and O–H groups in total. The van der Waals surface area contributed by atoms with E-state index in [0.717, 1.165) is 51.0 Å². The van der Waals surface area contributed by atoms with Gasteiger partial charge in [0.2, 0.25) is 0 Å². The smallest absolute Gasteiger partial charge is 0.333 e. The lowest BCUT2D eigenvalue weighted by molar-refractivity contribution is -0.171. The van der Waals surface area contributed by atoms with Crippen molar-refractivity contribution in [2.24, 2.45) is 29.1 Å². The van der Waals surface area contributed by atoms with Crippen molar-refractivity contribution in [2.75, 3.05) is 47.3 Å². The molecule has 2 aromatic carbocycles. The van der Waals surface area contributed by atoms with Crippen LogP contribution in [0.1, 0.15) is 98.0 Å². The van der Waals surface area contributed by atoms with E-state index >= 15 is 0 Å². The number of hydrogen-bond acceptors (Lipinski definition) is 15. The quantitative estimate of drug-likeness (QED) is 0.0221. The Balaban J connectivity index is 1.93. The molecule has 2 atom stereocenters. The molecule has 15 heteroatoms. The van der Waals surface area contributed by atoms with Crippen LogP contribution in [0.25, 0.3) is 11.1 Å². The summed E-state index contributed by atoms with van der Waals surface area (Å²) in [5.41, 5.74) is 0.940. The fourth-order valence-corrected chi connectivity index (χ4v) is 7.00. The monoisotopic (exact) mass is 906 g/mol. The number of rotatable bonds is 26. The zero-order valence-corrected chi connectivity index (χ0v) is 39.0. The second kappa shape index (κ2) is 26.7. The third-order valence-corrected chi connectivity index (χ3v) is 11.3. The summed E-state index contributed by atoms with van der Waals surface area (Å²) < 4.78 is 43.6. The van der Waals surface area contributed by atoms with E-state index in [1.54, 1.807) is 31.2 Å². The minimum absolute atomic E-state index is 0.0549. The highest BCUT2D eigenvalue weighted by atomic mass is 16.6. The predicted molar refractivity (Wildman–Crippen MR) is 239 cm³/mol. The third kappa shape index (κ3) is 17.2. The van der Waals surface area contributed by atoms with Crippen LogP contribution < -0.4 is 9.47 Å². The van der Waals surface area contributed by atoms with Gasteiger partial charge in [-0.25, -0.2) is 9.59 Å². The van der Waals surface area contributed by atoms with Crippen molar-refractivity contribution < 1.29 is 71.5 Å². The highest BCUT2D eigenvalue weighted by molar-refractivity contribution is 5.95. The fraction of sp³-hybridized carbons (Fsp3) is 0.540. The van der Waals surface area contributed by atoms with E-state index in [0.29, 0.717) is 35.8 Å². The van der Waals surface area contributed by atoms with E-state index in [1.807, 2.05) is 18.2 Å². The van der Waals surface area contributed by atoms with Gasteiger partial charge in [0, 0.05) is 11.1 Å². The fourth-order valence-electron chi connectivity index (χ4n) is 7.00. The van der Waals surface area contributed by atoms with Gasteiger partial charge in [0.1, 0.15) is 43.3 Å². The Labute approximate surface area is 382 Å². The normalized spacial score (nSPS) is 16.3. The maximum absolute atomic E-state index is 13.1. The molecule has 1 saturated carbocycles. The second-order valence-electron chi connectivity index (χ2n) is 16.9. The average molecular weight is 907 g/mol. The molecule has 0 aliphatic heterocycles. The van der Waals surface area contributed by atoms with Crippen LogP contribution >= 0.6 is 0 Å². The second-order valence-corrected chi connectivity index (χ2v) is 16.9. The summed E-state index contributed by atoms with van der Waals surface area (Å²) in [6.45, 7) is 13.0. The van der Waals surface area contributed by atoms with Crippen molar-refractivity contribution in [3.8, 4) is 22.6 Å². The van der Waals surface area contributed by atoms with Crippen molar-refractivity contribution in [1.29, 1.82) is 0 Å². The van der Waals surface area contributed by atoms with Gasteiger partial charge in [0.15, 0.2) is 11.8 Å². The SMILES string of the molecule is C=C(C)C(=O)OCCCc1cc(-c2ccc(OC(=O)C3CCC(CCCCC)CC3)cc2)ccc1OCC(COC(=O)C(=C)C)(COC(=O)C(C)C(=O)OC)COC(=O)C(C)C(=O)OC. The molecule has 356 valence electrons. The first kappa shape index (κ1) is 53.3. The Kier molecular flexibility index (Phi) is 21.9. The number of unbranched alkanes of at least 4 members (excludes halogenated alkanes) is 2. The number of carbonyl (C=O) groups is 7. The lowest BCUT2D eigenvalue weighted by Gasteiger charge is -2.33. The van der Waals surface area contributed by atoms with E-state index in [1.165, 1.54) is 46.5 Å². The summed E-state index contributed by atoms with van der Waals surface area (Å²) in [6, 6.07) is 12.6. The number of methoxy groups -OCH3 is 2. The first-order valence-electron chi connectivity index (χ1n) is 22.2. The van der Waals surface area contributed by atoms with Crippen LogP contribution in [0.4, 0.5) is 0 Å². The molecule has 1 fully saturated rings. The number of ether oxygens (including phenoxy) is 8. The molecule has 1 aliphatic carbocycles. The molecule has 15 nitrogen and oxygen atoms in total. The minimum atomic E-state index is -1.61. The zero-order chi connectivity index (χ0) is 48.1. The molecule has 0 heterocycles. The Hall–Kier alpha value is -5.99. The Morgan fingerprint density at radius 2 is 1.20 bits per heavy atom. The van der Waals surface area contributed by atoms with Gasteiger partial charge in [-0.2, -0.15) is 0 Å². The predicted octanol–water partition coefficient (Wildman–Crippen LogP) is 7.89.